The molecule has 1 N–H and O–H groups in total. The van der Waals surface area contributed by atoms with Crippen LogP contribution in [0.3, 0.4) is 0 Å². The van der Waals surface area contributed by atoms with Gasteiger partial charge in [0.15, 0.2) is 0 Å². The van der Waals surface area contributed by atoms with Crippen molar-refractivity contribution >= 4 is 34.8 Å². The Hall–Kier alpha value is -0.730. The first-order valence-corrected chi connectivity index (χ1v) is 7.13. The number of hydrogen-bond acceptors (Lipinski definition) is 1. The van der Waals surface area contributed by atoms with Gasteiger partial charge in [-0.15, -0.1) is 0 Å². The van der Waals surface area contributed by atoms with Crippen LogP contribution in [0, 0.1) is 0 Å². The van der Waals surface area contributed by atoms with E-state index in [4.69, 9.17) is 34.8 Å². The smallest absolute Gasteiger partial charge is 0.0454 e. The fourth-order valence-electron chi connectivity index (χ4n) is 1.86. The van der Waals surface area contributed by atoms with E-state index in [1.807, 2.05) is 43.3 Å². The molecule has 1 unspecified atom stereocenters. The fraction of sp³-hybridized carbons (Fsp3) is 0.200. The molecule has 0 radical (unpaired) electrons. The highest BCUT2D eigenvalue weighted by molar-refractivity contribution is 6.33. The molecule has 0 aliphatic rings. The van der Waals surface area contributed by atoms with Crippen LogP contribution in [0.15, 0.2) is 42.5 Å². The molecule has 1 nitrogen and oxygen atoms in total. The molecule has 100 valence electrons. The second-order valence-electron chi connectivity index (χ2n) is 4.36. The van der Waals surface area contributed by atoms with Crippen LogP contribution < -0.4 is 5.32 Å². The Labute approximate surface area is 128 Å². The molecule has 2 aromatic rings. The van der Waals surface area contributed by atoms with E-state index in [0.717, 1.165) is 16.1 Å². The van der Waals surface area contributed by atoms with Crippen LogP contribution >= 0.6 is 34.8 Å². The zero-order valence-electron chi connectivity index (χ0n) is 10.5. The van der Waals surface area contributed by atoms with E-state index in [1.54, 1.807) is 6.07 Å². The quantitative estimate of drug-likeness (QED) is 0.786. The van der Waals surface area contributed by atoms with Crippen molar-refractivity contribution in [1.82, 2.24) is 5.32 Å². The number of rotatable bonds is 4. The van der Waals surface area contributed by atoms with Crippen LogP contribution in [0.1, 0.15) is 24.1 Å². The van der Waals surface area contributed by atoms with Crippen LogP contribution in [0.4, 0.5) is 0 Å². The predicted octanol–water partition coefficient (Wildman–Crippen LogP) is 5.50. The van der Waals surface area contributed by atoms with Crippen molar-refractivity contribution in [2.75, 3.05) is 0 Å². The molecule has 0 aliphatic heterocycles. The Balaban J connectivity index is 2.07. The summed E-state index contributed by atoms with van der Waals surface area (Å²) in [4.78, 5) is 0. The van der Waals surface area contributed by atoms with E-state index in [9.17, 15) is 0 Å². The molecule has 0 heterocycles. The molecular weight excluding hydrogens is 301 g/mol. The highest BCUT2D eigenvalue weighted by Crippen LogP contribution is 2.26. The van der Waals surface area contributed by atoms with Gasteiger partial charge in [0.1, 0.15) is 0 Å². The predicted molar refractivity (Wildman–Crippen MR) is 83.2 cm³/mol. The first-order valence-electron chi connectivity index (χ1n) is 5.99. The zero-order valence-corrected chi connectivity index (χ0v) is 12.7. The van der Waals surface area contributed by atoms with Crippen molar-refractivity contribution in [3.63, 3.8) is 0 Å². The van der Waals surface area contributed by atoms with Crippen LogP contribution in [0.5, 0.6) is 0 Å². The summed E-state index contributed by atoms with van der Waals surface area (Å²) >= 11 is 18.3. The first-order chi connectivity index (χ1) is 9.08. The third-order valence-electron chi connectivity index (χ3n) is 2.98. The van der Waals surface area contributed by atoms with Crippen molar-refractivity contribution in [2.45, 2.75) is 19.5 Å². The van der Waals surface area contributed by atoms with Crippen LogP contribution in [-0.2, 0) is 6.54 Å². The highest BCUT2D eigenvalue weighted by Gasteiger charge is 2.10. The number of hydrogen-bond donors (Lipinski definition) is 1. The normalized spacial score (nSPS) is 12.4. The molecule has 0 saturated heterocycles. The zero-order chi connectivity index (χ0) is 13.8. The molecule has 0 bridgehead atoms. The van der Waals surface area contributed by atoms with Gasteiger partial charge in [-0.2, -0.15) is 0 Å². The second-order valence-corrected chi connectivity index (χ2v) is 5.61. The summed E-state index contributed by atoms with van der Waals surface area (Å²) in [5.41, 5.74) is 2.05. The minimum atomic E-state index is 0.0995. The lowest BCUT2D eigenvalue weighted by atomic mass is 10.1. The second kappa shape index (κ2) is 6.62. The molecule has 0 saturated carbocycles. The monoisotopic (exact) mass is 313 g/mol. The lowest BCUT2D eigenvalue weighted by Gasteiger charge is -2.16. The van der Waals surface area contributed by atoms with Crippen molar-refractivity contribution < 1.29 is 0 Å². The highest BCUT2D eigenvalue weighted by atomic mass is 35.5. The topological polar surface area (TPSA) is 12.0 Å². The molecule has 19 heavy (non-hydrogen) atoms. The minimum Gasteiger partial charge on any atom is -0.306 e. The van der Waals surface area contributed by atoms with Crippen molar-refractivity contribution in [3.8, 4) is 0 Å². The molecule has 0 aliphatic carbocycles. The average molecular weight is 315 g/mol. The average Bonchev–Trinajstić information content (AvgIpc) is 2.40. The third-order valence-corrected chi connectivity index (χ3v) is 3.93. The standard InChI is InChI=1S/C15H14Cl3N/c1-10(13-8-12(16)6-7-15(13)18)19-9-11-4-2-3-5-14(11)17/h2-8,10,19H,9H2,1H3. The molecule has 1 atom stereocenters. The lowest BCUT2D eigenvalue weighted by Crippen LogP contribution is -2.18. The van der Waals surface area contributed by atoms with Gasteiger partial charge in [0, 0.05) is 27.7 Å². The van der Waals surface area contributed by atoms with Crippen molar-refractivity contribution in [3.05, 3.63) is 68.7 Å². The van der Waals surface area contributed by atoms with Gasteiger partial charge in [0.2, 0.25) is 0 Å². The molecule has 4 heteroatoms. The molecule has 0 amide bonds. The van der Waals surface area contributed by atoms with E-state index in [1.165, 1.54) is 0 Å². The van der Waals surface area contributed by atoms with E-state index in [0.29, 0.717) is 16.6 Å². The van der Waals surface area contributed by atoms with Crippen LogP contribution in [0.25, 0.3) is 0 Å². The van der Waals surface area contributed by atoms with Gasteiger partial charge in [0.25, 0.3) is 0 Å². The van der Waals surface area contributed by atoms with Gasteiger partial charge in [0.05, 0.1) is 0 Å². The Morgan fingerprint density at radius 2 is 1.74 bits per heavy atom. The Morgan fingerprint density at radius 3 is 2.47 bits per heavy atom. The van der Waals surface area contributed by atoms with E-state index in [2.05, 4.69) is 5.32 Å². The number of nitrogens with one attached hydrogen (secondary N) is 1. The summed E-state index contributed by atoms with van der Waals surface area (Å²) in [6, 6.07) is 13.4. The Kier molecular flexibility index (Phi) is 5.12. The molecule has 2 aromatic carbocycles. The molecule has 2 rings (SSSR count). The van der Waals surface area contributed by atoms with Gasteiger partial charge in [-0.25, -0.2) is 0 Å². The molecule has 0 fully saturated rings. The maximum absolute atomic E-state index is 6.18. The minimum absolute atomic E-state index is 0.0995. The Bertz CT molecular complexity index is 569. The van der Waals surface area contributed by atoms with Crippen LogP contribution in [-0.4, -0.2) is 0 Å². The third kappa shape index (κ3) is 3.87. The fourth-order valence-corrected chi connectivity index (χ4v) is 2.53. The first kappa shape index (κ1) is 14.7. The summed E-state index contributed by atoms with van der Waals surface area (Å²) in [5, 5.41) is 5.56. The summed E-state index contributed by atoms with van der Waals surface area (Å²) in [5.74, 6) is 0. The maximum Gasteiger partial charge on any atom is 0.0454 e. The van der Waals surface area contributed by atoms with Gasteiger partial charge in [-0.05, 0) is 42.3 Å². The van der Waals surface area contributed by atoms with Crippen molar-refractivity contribution in [2.24, 2.45) is 0 Å². The van der Waals surface area contributed by atoms with Gasteiger partial charge in [-0.1, -0.05) is 53.0 Å². The maximum atomic E-state index is 6.18. The van der Waals surface area contributed by atoms with Gasteiger partial charge in [-0.3, -0.25) is 0 Å². The van der Waals surface area contributed by atoms with Crippen LogP contribution in [0.2, 0.25) is 15.1 Å². The SMILES string of the molecule is CC(NCc1ccccc1Cl)c1cc(Cl)ccc1Cl. The van der Waals surface area contributed by atoms with E-state index < -0.39 is 0 Å². The summed E-state index contributed by atoms with van der Waals surface area (Å²) in [7, 11) is 0. The number of benzene rings is 2. The largest absolute Gasteiger partial charge is 0.306 e. The van der Waals surface area contributed by atoms with Gasteiger partial charge >= 0.3 is 0 Å². The molecular formula is C15H14Cl3N. The molecule has 0 aromatic heterocycles. The van der Waals surface area contributed by atoms with Crippen molar-refractivity contribution in [1.29, 1.82) is 0 Å². The summed E-state index contributed by atoms with van der Waals surface area (Å²) in [6.45, 7) is 2.73. The summed E-state index contributed by atoms with van der Waals surface area (Å²) in [6.07, 6.45) is 0. The lowest BCUT2D eigenvalue weighted by molar-refractivity contribution is 0.575. The Morgan fingerprint density at radius 1 is 1.00 bits per heavy atom. The van der Waals surface area contributed by atoms with E-state index in [-0.39, 0.29) is 6.04 Å². The van der Waals surface area contributed by atoms with Gasteiger partial charge < -0.3 is 5.32 Å². The molecule has 0 spiro atoms. The summed E-state index contributed by atoms with van der Waals surface area (Å²) < 4.78 is 0. The number of halogens is 3. The van der Waals surface area contributed by atoms with E-state index >= 15 is 0 Å².